The van der Waals surface area contributed by atoms with Crippen LogP contribution in [0, 0.1) is 9.49 Å². The van der Waals surface area contributed by atoms with Crippen molar-refractivity contribution in [2.24, 2.45) is 5.92 Å². The van der Waals surface area contributed by atoms with E-state index >= 15 is 0 Å². The first-order chi connectivity index (χ1) is 6.70. The van der Waals surface area contributed by atoms with Crippen LogP contribution in [0.15, 0.2) is 12.5 Å². The molecule has 1 aromatic heterocycles. The van der Waals surface area contributed by atoms with Crippen molar-refractivity contribution in [3.8, 4) is 0 Å². The first kappa shape index (κ1) is 10.1. The number of anilines is 1. The smallest absolute Gasteiger partial charge is 0.145 e. The summed E-state index contributed by atoms with van der Waals surface area (Å²) < 4.78 is 1.13. The van der Waals surface area contributed by atoms with E-state index < -0.39 is 0 Å². The van der Waals surface area contributed by atoms with Gasteiger partial charge in [0, 0.05) is 19.3 Å². The minimum Gasteiger partial charge on any atom is -0.356 e. The lowest BCUT2D eigenvalue weighted by atomic mass is 10.2. The zero-order chi connectivity index (χ0) is 10.1. The zero-order valence-corrected chi connectivity index (χ0v) is 10.6. The van der Waals surface area contributed by atoms with E-state index in [1.54, 1.807) is 6.33 Å². The second-order valence-corrected chi connectivity index (χ2v) is 5.05. The average molecular weight is 303 g/mol. The lowest BCUT2D eigenvalue weighted by Crippen LogP contribution is -2.31. The summed E-state index contributed by atoms with van der Waals surface area (Å²) in [6, 6.07) is 0.596. The van der Waals surface area contributed by atoms with Crippen LogP contribution in [0.25, 0.3) is 0 Å². The topological polar surface area (TPSA) is 29.0 Å². The Morgan fingerprint density at radius 1 is 1.57 bits per heavy atom. The van der Waals surface area contributed by atoms with Crippen molar-refractivity contribution in [1.82, 2.24) is 9.97 Å². The number of rotatable bonds is 3. The Morgan fingerprint density at radius 3 is 2.86 bits per heavy atom. The van der Waals surface area contributed by atoms with Crippen molar-refractivity contribution in [2.45, 2.75) is 25.8 Å². The maximum atomic E-state index is 4.32. The Bertz CT molecular complexity index is 325. The maximum Gasteiger partial charge on any atom is 0.145 e. The average Bonchev–Trinajstić information content (AvgIpc) is 3.00. The Balaban J connectivity index is 2.17. The van der Waals surface area contributed by atoms with E-state index in [0.717, 1.165) is 15.3 Å². The van der Waals surface area contributed by atoms with E-state index in [2.05, 4.69) is 51.4 Å². The molecule has 1 heterocycles. The molecule has 2 rings (SSSR count). The fraction of sp³-hybridized carbons (Fsp3) is 0.600. The van der Waals surface area contributed by atoms with Crippen LogP contribution in [0.1, 0.15) is 19.8 Å². The van der Waals surface area contributed by atoms with Gasteiger partial charge in [-0.3, -0.25) is 0 Å². The number of aromatic nitrogens is 2. The van der Waals surface area contributed by atoms with Crippen molar-refractivity contribution < 1.29 is 0 Å². The molecule has 1 unspecified atom stereocenters. The molecule has 1 atom stereocenters. The van der Waals surface area contributed by atoms with Gasteiger partial charge in [-0.2, -0.15) is 0 Å². The summed E-state index contributed by atoms with van der Waals surface area (Å²) in [6.07, 6.45) is 6.22. The SMILES string of the molecule is CC(C1CC1)N(C)c1ncncc1I. The molecule has 1 saturated carbocycles. The van der Waals surface area contributed by atoms with Gasteiger partial charge in [-0.1, -0.05) is 0 Å². The lowest BCUT2D eigenvalue weighted by molar-refractivity contribution is 0.602. The third-order valence-corrected chi connectivity index (χ3v) is 3.66. The van der Waals surface area contributed by atoms with Crippen molar-refractivity contribution >= 4 is 28.4 Å². The molecule has 0 aliphatic heterocycles. The quantitative estimate of drug-likeness (QED) is 0.803. The summed E-state index contributed by atoms with van der Waals surface area (Å²) in [7, 11) is 2.12. The van der Waals surface area contributed by atoms with Crippen LogP contribution < -0.4 is 4.90 Å². The molecular weight excluding hydrogens is 289 g/mol. The molecule has 1 aromatic rings. The van der Waals surface area contributed by atoms with E-state index in [-0.39, 0.29) is 0 Å². The summed E-state index contributed by atoms with van der Waals surface area (Å²) in [5, 5.41) is 0. The van der Waals surface area contributed by atoms with Crippen molar-refractivity contribution in [2.75, 3.05) is 11.9 Å². The number of hydrogen-bond acceptors (Lipinski definition) is 3. The second kappa shape index (κ2) is 4.00. The largest absolute Gasteiger partial charge is 0.356 e. The first-order valence-electron chi connectivity index (χ1n) is 4.88. The third-order valence-electron chi connectivity index (χ3n) is 2.90. The highest BCUT2D eigenvalue weighted by atomic mass is 127. The van der Waals surface area contributed by atoms with Gasteiger partial charge in [0.1, 0.15) is 12.1 Å². The zero-order valence-electron chi connectivity index (χ0n) is 8.44. The van der Waals surface area contributed by atoms with Gasteiger partial charge in [0.25, 0.3) is 0 Å². The molecule has 1 aliphatic carbocycles. The monoisotopic (exact) mass is 303 g/mol. The molecule has 0 radical (unpaired) electrons. The highest BCUT2D eigenvalue weighted by Gasteiger charge is 2.31. The highest BCUT2D eigenvalue weighted by molar-refractivity contribution is 14.1. The van der Waals surface area contributed by atoms with E-state index in [9.17, 15) is 0 Å². The van der Waals surface area contributed by atoms with E-state index in [1.165, 1.54) is 12.8 Å². The van der Waals surface area contributed by atoms with Gasteiger partial charge >= 0.3 is 0 Å². The van der Waals surface area contributed by atoms with Crippen LogP contribution in [0.3, 0.4) is 0 Å². The summed E-state index contributed by atoms with van der Waals surface area (Å²) in [6.45, 7) is 2.27. The highest BCUT2D eigenvalue weighted by Crippen LogP contribution is 2.36. The van der Waals surface area contributed by atoms with Crippen molar-refractivity contribution in [3.63, 3.8) is 0 Å². The van der Waals surface area contributed by atoms with Gasteiger partial charge in [-0.25, -0.2) is 9.97 Å². The minimum atomic E-state index is 0.596. The fourth-order valence-electron chi connectivity index (χ4n) is 1.65. The lowest BCUT2D eigenvalue weighted by Gasteiger charge is -2.26. The molecule has 14 heavy (non-hydrogen) atoms. The third kappa shape index (κ3) is 1.99. The predicted octanol–water partition coefficient (Wildman–Crippen LogP) is 2.32. The fourth-order valence-corrected chi connectivity index (χ4v) is 2.33. The maximum absolute atomic E-state index is 4.32. The summed E-state index contributed by atoms with van der Waals surface area (Å²) in [5.74, 6) is 1.92. The summed E-state index contributed by atoms with van der Waals surface area (Å²) >= 11 is 2.29. The van der Waals surface area contributed by atoms with Crippen LogP contribution in [0.5, 0.6) is 0 Å². The molecule has 3 nitrogen and oxygen atoms in total. The van der Waals surface area contributed by atoms with Gasteiger partial charge < -0.3 is 4.90 Å². The molecular formula is C10H14IN3. The normalized spacial score (nSPS) is 17.9. The number of nitrogens with zero attached hydrogens (tertiary/aromatic N) is 3. The van der Waals surface area contributed by atoms with Gasteiger partial charge in [-0.15, -0.1) is 0 Å². The molecule has 0 aromatic carbocycles. The molecule has 76 valence electrons. The Kier molecular flexibility index (Phi) is 2.90. The molecule has 1 aliphatic rings. The Hall–Kier alpha value is -0.390. The summed E-state index contributed by atoms with van der Waals surface area (Å²) in [4.78, 5) is 10.6. The van der Waals surface area contributed by atoms with E-state index in [0.29, 0.717) is 6.04 Å². The van der Waals surface area contributed by atoms with E-state index in [1.807, 2.05) is 6.20 Å². The number of hydrogen-bond donors (Lipinski definition) is 0. The van der Waals surface area contributed by atoms with Crippen LogP contribution in [0.4, 0.5) is 5.82 Å². The molecule has 0 saturated heterocycles. The van der Waals surface area contributed by atoms with Gasteiger partial charge in [0.05, 0.1) is 3.57 Å². The van der Waals surface area contributed by atoms with Crippen LogP contribution in [-0.4, -0.2) is 23.1 Å². The van der Waals surface area contributed by atoms with Crippen LogP contribution >= 0.6 is 22.6 Å². The van der Waals surface area contributed by atoms with Crippen LogP contribution in [-0.2, 0) is 0 Å². The van der Waals surface area contributed by atoms with Gasteiger partial charge in [-0.05, 0) is 48.3 Å². The summed E-state index contributed by atoms with van der Waals surface area (Å²) in [5.41, 5.74) is 0. The van der Waals surface area contributed by atoms with E-state index in [4.69, 9.17) is 0 Å². The molecule has 0 spiro atoms. The first-order valence-corrected chi connectivity index (χ1v) is 5.96. The number of halogens is 1. The van der Waals surface area contributed by atoms with Crippen molar-refractivity contribution in [3.05, 3.63) is 16.1 Å². The molecule has 0 bridgehead atoms. The van der Waals surface area contributed by atoms with Crippen molar-refractivity contribution in [1.29, 1.82) is 0 Å². The molecule has 1 fully saturated rings. The Labute approximate surface area is 98.1 Å². The molecule has 0 amide bonds. The van der Waals surface area contributed by atoms with Gasteiger partial charge in [0.15, 0.2) is 0 Å². The molecule has 4 heteroatoms. The minimum absolute atomic E-state index is 0.596. The molecule has 0 N–H and O–H groups in total. The van der Waals surface area contributed by atoms with Crippen LogP contribution in [0.2, 0.25) is 0 Å². The van der Waals surface area contributed by atoms with Gasteiger partial charge in [0.2, 0.25) is 0 Å². The second-order valence-electron chi connectivity index (χ2n) is 3.88. The Morgan fingerprint density at radius 2 is 2.29 bits per heavy atom. The predicted molar refractivity (Wildman–Crippen MR) is 65.3 cm³/mol. The standard InChI is InChI=1S/C10H14IN3/c1-7(8-3-4-8)14(2)10-9(11)5-12-6-13-10/h5-8H,3-4H2,1-2H3.